The summed E-state index contributed by atoms with van der Waals surface area (Å²) in [6, 6.07) is 6.03. The first kappa shape index (κ1) is 15.3. The van der Waals surface area contributed by atoms with E-state index in [4.69, 9.17) is 0 Å². The minimum atomic E-state index is -0.511. The van der Waals surface area contributed by atoms with Crippen LogP contribution in [-0.2, 0) is 10.2 Å². The monoisotopic (exact) mass is 341 g/mol. The SMILES string of the molecule is CCN1C(=O)C(C)(C)c2cc3[nH]c(-c4cc(SC)[nH]n4)nc3cc21. The van der Waals surface area contributed by atoms with Crippen LogP contribution in [0, 0.1) is 0 Å². The second-order valence-electron chi connectivity index (χ2n) is 6.47. The number of anilines is 1. The molecule has 0 radical (unpaired) electrons. The Balaban J connectivity index is 1.87. The van der Waals surface area contributed by atoms with Crippen molar-refractivity contribution in [1.29, 1.82) is 0 Å². The average molecular weight is 341 g/mol. The predicted octanol–water partition coefficient (Wildman–Crippen LogP) is 3.32. The fraction of sp³-hybridized carbons (Fsp3) is 0.353. The Morgan fingerprint density at radius 3 is 2.75 bits per heavy atom. The lowest BCUT2D eigenvalue weighted by Gasteiger charge is -2.18. The number of nitrogens with zero attached hydrogens (tertiary/aromatic N) is 3. The minimum Gasteiger partial charge on any atom is -0.337 e. The quantitative estimate of drug-likeness (QED) is 0.717. The summed E-state index contributed by atoms with van der Waals surface area (Å²) in [5.74, 6) is 0.877. The molecule has 0 saturated heterocycles. The molecule has 0 saturated carbocycles. The highest BCUT2D eigenvalue weighted by Crippen LogP contribution is 2.43. The summed E-state index contributed by atoms with van der Waals surface area (Å²) in [4.78, 5) is 22.5. The molecule has 6 nitrogen and oxygen atoms in total. The highest BCUT2D eigenvalue weighted by Gasteiger charge is 2.43. The molecule has 2 aromatic heterocycles. The average Bonchev–Trinajstić information content (AvgIpc) is 3.23. The molecule has 0 spiro atoms. The van der Waals surface area contributed by atoms with Crippen molar-refractivity contribution in [3.05, 3.63) is 23.8 Å². The Morgan fingerprint density at radius 2 is 2.08 bits per heavy atom. The maximum Gasteiger partial charge on any atom is 0.237 e. The van der Waals surface area contributed by atoms with Crippen LogP contribution in [0.5, 0.6) is 0 Å². The van der Waals surface area contributed by atoms with Crippen LogP contribution in [-0.4, -0.2) is 38.9 Å². The highest BCUT2D eigenvalue weighted by atomic mass is 32.2. The first-order valence-electron chi connectivity index (χ1n) is 7.91. The van der Waals surface area contributed by atoms with Crippen LogP contribution in [0.4, 0.5) is 5.69 Å². The number of fused-ring (bicyclic) bond motifs is 2. The molecule has 1 amide bonds. The topological polar surface area (TPSA) is 77.7 Å². The lowest BCUT2D eigenvalue weighted by Crippen LogP contribution is -2.35. The fourth-order valence-electron chi connectivity index (χ4n) is 3.30. The number of H-pyrrole nitrogens is 2. The van der Waals surface area contributed by atoms with Gasteiger partial charge < -0.3 is 9.88 Å². The normalized spacial score (nSPS) is 16.2. The zero-order valence-electron chi connectivity index (χ0n) is 14.1. The molecule has 124 valence electrons. The van der Waals surface area contributed by atoms with E-state index in [1.807, 2.05) is 44.1 Å². The van der Waals surface area contributed by atoms with Gasteiger partial charge in [0.25, 0.3) is 0 Å². The van der Waals surface area contributed by atoms with E-state index in [0.717, 1.165) is 38.8 Å². The Kier molecular flexibility index (Phi) is 3.25. The van der Waals surface area contributed by atoms with Crippen LogP contribution in [0.25, 0.3) is 22.6 Å². The van der Waals surface area contributed by atoms with Crippen molar-refractivity contribution in [3.63, 3.8) is 0 Å². The molecule has 1 aliphatic heterocycles. The summed E-state index contributed by atoms with van der Waals surface area (Å²) < 4.78 is 0. The van der Waals surface area contributed by atoms with E-state index in [-0.39, 0.29) is 5.91 Å². The molecular weight excluding hydrogens is 322 g/mol. The molecule has 3 aromatic rings. The Morgan fingerprint density at radius 1 is 1.29 bits per heavy atom. The van der Waals surface area contributed by atoms with Crippen molar-refractivity contribution < 1.29 is 4.79 Å². The minimum absolute atomic E-state index is 0.143. The van der Waals surface area contributed by atoms with E-state index in [2.05, 4.69) is 26.2 Å². The largest absolute Gasteiger partial charge is 0.337 e. The number of rotatable bonds is 3. The molecule has 0 aliphatic carbocycles. The van der Waals surface area contributed by atoms with Gasteiger partial charge in [0.2, 0.25) is 5.91 Å². The third-order valence-electron chi connectivity index (χ3n) is 4.68. The summed E-state index contributed by atoms with van der Waals surface area (Å²) in [7, 11) is 0. The number of hydrogen-bond donors (Lipinski definition) is 2. The number of amides is 1. The molecule has 24 heavy (non-hydrogen) atoms. The van der Waals surface area contributed by atoms with Crippen molar-refractivity contribution in [2.75, 3.05) is 17.7 Å². The second kappa shape index (κ2) is 5.11. The van der Waals surface area contributed by atoms with E-state index in [9.17, 15) is 4.79 Å². The van der Waals surface area contributed by atoms with Gasteiger partial charge in [-0.15, -0.1) is 11.8 Å². The van der Waals surface area contributed by atoms with E-state index >= 15 is 0 Å². The van der Waals surface area contributed by atoms with Crippen molar-refractivity contribution >= 4 is 34.4 Å². The van der Waals surface area contributed by atoms with Gasteiger partial charge in [-0.05, 0) is 44.7 Å². The van der Waals surface area contributed by atoms with Gasteiger partial charge in [0.1, 0.15) is 5.69 Å². The summed E-state index contributed by atoms with van der Waals surface area (Å²) in [6.45, 7) is 6.61. The molecule has 1 aliphatic rings. The number of aromatic amines is 2. The van der Waals surface area contributed by atoms with Crippen LogP contribution >= 0.6 is 11.8 Å². The lowest BCUT2D eigenvalue weighted by molar-refractivity contribution is -0.122. The molecule has 0 fully saturated rings. The first-order chi connectivity index (χ1) is 11.5. The standard InChI is InChI=1S/C17H19N5OS/c1-5-22-13-7-11-10(6-9(13)17(2,3)16(22)23)18-15(19-11)12-8-14(24-4)21-20-12/h6-8H,5H2,1-4H3,(H,18,19)(H,20,21). The van der Waals surface area contributed by atoms with Gasteiger partial charge in [-0.3, -0.25) is 9.89 Å². The summed E-state index contributed by atoms with van der Waals surface area (Å²) >= 11 is 1.61. The third-order valence-corrected chi connectivity index (χ3v) is 5.33. The number of carbonyl (C=O) groups is 1. The number of thioether (sulfide) groups is 1. The van der Waals surface area contributed by atoms with Crippen LogP contribution in [0.15, 0.2) is 23.2 Å². The number of nitrogens with one attached hydrogen (secondary N) is 2. The molecule has 0 unspecified atom stereocenters. The van der Waals surface area contributed by atoms with Gasteiger partial charge >= 0.3 is 0 Å². The van der Waals surface area contributed by atoms with Crippen molar-refractivity contribution in [2.45, 2.75) is 31.2 Å². The van der Waals surface area contributed by atoms with Gasteiger partial charge in [0.05, 0.1) is 27.2 Å². The summed E-state index contributed by atoms with van der Waals surface area (Å²) in [5.41, 5.74) is 4.06. The van der Waals surface area contributed by atoms with Crippen LogP contribution in [0.2, 0.25) is 0 Å². The molecule has 2 N–H and O–H groups in total. The number of likely N-dealkylation sites (N-methyl/N-ethyl adjacent to an activating group) is 1. The molecule has 1 aromatic carbocycles. The third kappa shape index (κ3) is 2.00. The molecule has 0 bridgehead atoms. The summed E-state index contributed by atoms with van der Waals surface area (Å²) in [5, 5.41) is 8.27. The molecule has 3 heterocycles. The Labute approximate surface area is 144 Å². The van der Waals surface area contributed by atoms with Crippen LogP contribution in [0.3, 0.4) is 0 Å². The van der Waals surface area contributed by atoms with Crippen molar-refractivity contribution in [1.82, 2.24) is 20.2 Å². The van der Waals surface area contributed by atoms with E-state index in [1.165, 1.54) is 0 Å². The smallest absolute Gasteiger partial charge is 0.237 e. The van der Waals surface area contributed by atoms with Gasteiger partial charge in [0.15, 0.2) is 5.82 Å². The predicted molar refractivity (Wildman–Crippen MR) is 96.5 cm³/mol. The number of hydrogen-bond acceptors (Lipinski definition) is 4. The zero-order valence-corrected chi connectivity index (χ0v) is 14.9. The van der Waals surface area contributed by atoms with E-state index in [0.29, 0.717) is 6.54 Å². The summed E-state index contributed by atoms with van der Waals surface area (Å²) in [6.07, 6.45) is 2.00. The van der Waals surface area contributed by atoms with Crippen LogP contribution in [0.1, 0.15) is 26.3 Å². The lowest BCUT2D eigenvalue weighted by atomic mass is 9.86. The van der Waals surface area contributed by atoms with Gasteiger partial charge in [-0.25, -0.2) is 4.98 Å². The van der Waals surface area contributed by atoms with Crippen molar-refractivity contribution in [3.8, 4) is 11.5 Å². The second-order valence-corrected chi connectivity index (χ2v) is 7.32. The molecule has 0 atom stereocenters. The number of carbonyl (C=O) groups excluding carboxylic acids is 1. The molecular formula is C17H19N5OS. The Hall–Kier alpha value is -2.28. The van der Waals surface area contributed by atoms with Crippen molar-refractivity contribution in [2.24, 2.45) is 0 Å². The van der Waals surface area contributed by atoms with E-state index in [1.54, 1.807) is 11.8 Å². The van der Waals surface area contributed by atoms with Gasteiger partial charge in [0, 0.05) is 12.6 Å². The van der Waals surface area contributed by atoms with Gasteiger partial charge in [-0.2, -0.15) is 5.10 Å². The van der Waals surface area contributed by atoms with Crippen LogP contribution < -0.4 is 4.90 Å². The highest BCUT2D eigenvalue weighted by molar-refractivity contribution is 7.98. The maximum absolute atomic E-state index is 12.6. The molecule has 4 rings (SSSR count). The maximum atomic E-state index is 12.6. The van der Waals surface area contributed by atoms with E-state index < -0.39 is 5.41 Å². The first-order valence-corrected chi connectivity index (χ1v) is 9.14. The number of imidazole rings is 1. The number of benzene rings is 1. The van der Waals surface area contributed by atoms with Gasteiger partial charge in [-0.1, -0.05) is 0 Å². The zero-order chi connectivity index (χ0) is 17.1. The number of aromatic nitrogens is 4. The molecule has 7 heteroatoms. The Bertz CT molecular complexity index is 955. The fourth-order valence-corrected chi connectivity index (χ4v) is 3.66.